The number of rotatable bonds is 15. The second-order valence-corrected chi connectivity index (χ2v) is 7.51. The molecular formula is C19H42N+. The van der Waals surface area contributed by atoms with Crippen LogP contribution in [0.15, 0.2) is 0 Å². The second kappa shape index (κ2) is 13.9. The minimum Gasteiger partial charge on any atom is -0.353 e. The maximum Gasteiger partial charge on any atom is 0.0889 e. The smallest absolute Gasteiger partial charge is 0.0889 e. The summed E-state index contributed by atoms with van der Waals surface area (Å²) in [6.45, 7) is 6.78. The zero-order valence-electron chi connectivity index (χ0n) is 14.8. The first-order valence-corrected chi connectivity index (χ1v) is 9.41. The molecule has 0 aromatic heterocycles. The molecule has 0 saturated heterocycles. The van der Waals surface area contributed by atoms with Crippen molar-refractivity contribution in [1.82, 2.24) is 0 Å². The molecule has 3 N–H and O–H groups in total. The van der Waals surface area contributed by atoms with Crippen molar-refractivity contribution in [3.8, 4) is 0 Å². The van der Waals surface area contributed by atoms with Crippen LogP contribution >= 0.6 is 0 Å². The molecule has 0 unspecified atom stereocenters. The SMILES string of the molecule is CCCCCCCCCCCCCCCCC(C)(C)[NH3+]. The Morgan fingerprint density at radius 3 is 1.15 bits per heavy atom. The van der Waals surface area contributed by atoms with Crippen molar-refractivity contribution < 1.29 is 5.73 Å². The highest BCUT2D eigenvalue weighted by Gasteiger charge is 2.13. The fourth-order valence-electron chi connectivity index (χ4n) is 2.80. The fraction of sp³-hybridized carbons (Fsp3) is 1.00. The summed E-state index contributed by atoms with van der Waals surface area (Å²) in [7, 11) is 0. The fourth-order valence-corrected chi connectivity index (χ4v) is 2.80. The molecule has 0 amide bonds. The Hall–Kier alpha value is -0.0400. The van der Waals surface area contributed by atoms with Crippen molar-refractivity contribution in [2.24, 2.45) is 0 Å². The first-order valence-electron chi connectivity index (χ1n) is 9.41. The normalized spacial score (nSPS) is 12.0. The molecule has 20 heavy (non-hydrogen) atoms. The van der Waals surface area contributed by atoms with Gasteiger partial charge in [-0.15, -0.1) is 0 Å². The van der Waals surface area contributed by atoms with E-state index in [-0.39, 0.29) is 5.54 Å². The molecule has 1 heteroatoms. The van der Waals surface area contributed by atoms with Crippen LogP contribution in [0.4, 0.5) is 0 Å². The van der Waals surface area contributed by atoms with Crippen molar-refractivity contribution in [1.29, 1.82) is 0 Å². The van der Waals surface area contributed by atoms with Gasteiger partial charge in [0.05, 0.1) is 5.54 Å². The van der Waals surface area contributed by atoms with Crippen molar-refractivity contribution in [2.45, 2.75) is 123 Å². The highest BCUT2D eigenvalue weighted by Crippen LogP contribution is 2.14. The van der Waals surface area contributed by atoms with Crippen LogP contribution in [0, 0.1) is 0 Å². The molecule has 0 heterocycles. The van der Waals surface area contributed by atoms with Crippen LogP contribution in [-0.4, -0.2) is 5.54 Å². The predicted octanol–water partition coefficient (Wildman–Crippen LogP) is 5.88. The van der Waals surface area contributed by atoms with Gasteiger partial charge in [-0.25, -0.2) is 0 Å². The summed E-state index contributed by atoms with van der Waals surface area (Å²) < 4.78 is 0. The van der Waals surface area contributed by atoms with E-state index < -0.39 is 0 Å². The lowest BCUT2D eigenvalue weighted by atomic mass is 9.97. The highest BCUT2D eigenvalue weighted by atomic mass is 14.7. The zero-order chi connectivity index (χ0) is 15.1. The summed E-state index contributed by atoms with van der Waals surface area (Å²) in [5.41, 5.74) is 4.46. The van der Waals surface area contributed by atoms with Crippen LogP contribution in [0.3, 0.4) is 0 Å². The van der Waals surface area contributed by atoms with E-state index in [4.69, 9.17) is 0 Å². The van der Waals surface area contributed by atoms with Gasteiger partial charge in [-0.3, -0.25) is 0 Å². The third-order valence-corrected chi connectivity index (χ3v) is 4.21. The summed E-state index contributed by atoms with van der Waals surface area (Å²) >= 11 is 0. The van der Waals surface area contributed by atoms with Crippen LogP contribution in [-0.2, 0) is 0 Å². The average Bonchev–Trinajstić information content (AvgIpc) is 2.38. The maximum atomic E-state index is 4.17. The van der Waals surface area contributed by atoms with Gasteiger partial charge in [0, 0.05) is 6.42 Å². The van der Waals surface area contributed by atoms with Crippen LogP contribution in [0.5, 0.6) is 0 Å². The largest absolute Gasteiger partial charge is 0.353 e. The van der Waals surface area contributed by atoms with Gasteiger partial charge in [-0.2, -0.15) is 0 Å². The Labute approximate surface area is 129 Å². The molecule has 0 aliphatic rings. The van der Waals surface area contributed by atoms with Crippen LogP contribution < -0.4 is 5.73 Å². The summed E-state index contributed by atoms with van der Waals surface area (Å²) in [6, 6.07) is 0. The first kappa shape index (κ1) is 20.0. The van der Waals surface area contributed by atoms with Crippen molar-refractivity contribution in [2.75, 3.05) is 0 Å². The molecule has 0 atom stereocenters. The maximum absolute atomic E-state index is 4.17. The second-order valence-electron chi connectivity index (χ2n) is 7.51. The lowest BCUT2D eigenvalue weighted by Crippen LogP contribution is -2.68. The average molecular weight is 285 g/mol. The summed E-state index contributed by atoms with van der Waals surface area (Å²) in [5.74, 6) is 0. The van der Waals surface area contributed by atoms with Gasteiger partial charge in [-0.1, -0.05) is 90.4 Å². The molecule has 0 rings (SSSR count). The molecule has 0 aromatic carbocycles. The third kappa shape index (κ3) is 18.0. The molecule has 0 aliphatic carbocycles. The highest BCUT2D eigenvalue weighted by molar-refractivity contribution is 4.62. The Bertz CT molecular complexity index is 181. The number of quaternary nitrogens is 1. The van der Waals surface area contributed by atoms with E-state index in [9.17, 15) is 0 Å². The van der Waals surface area contributed by atoms with E-state index in [2.05, 4.69) is 26.5 Å². The van der Waals surface area contributed by atoms with Crippen molar-refractivity contribution in [3.05, 3.63) is 0 Å². The molecular weight excluding hydrogens is 242 g/mol. The Balaban J connectivity index is 2.99. The van der Waals surface area contributed by atoms with Gasteiger partial charge >= 0.3 is 0 Å². The van der Waals surface area contributed by atoms with Crippen molar-refractivity contribution in [3.63, 3.8) is 0 Å². The van der Waals surface area contributed by atoms with Gasteiger partial charge in [0.2, 0.25) is 0 Å². The molecule has 0 aromatic rings. The van der Waals surface area contributed by atoms with Gasteiger partial charge in [0.15, 0.2) is 0 Å². The molecule has 0 radical (unpaired) electrons. The van der Waals surface area contributed by atoms with Crippen molar-refractivity contribution >= 4 is 0 Å². The van der Waals surface area contributed by atoms with E-state index in [1.54, 1.807) is 0 Å². The zero-order valence-corrected chi connectivity index (χ0v) is 14.8. The number of unbranched alkanes of at least 4 members (excludes halogenated alkanes) is 13. The monoisotopic (exact) mass is 284 g/mol. The molecule has 0 bridgehead atoms. The topological polar surface area (TPSA) is 27.6 Å². The minimum atomic E-state index is 0.289. The molecule has 0 saturated carbocycles. The van der Waals surface area contributed by atoms with Gasteiger partial charge in [-0.05, 0) is 20.3 Å². The summed E-state index contributed by atoms with van der Waals surface area (Å²) in [5, 5.41) is 0. The standard InChI is InChI=1S/C19H41N/c1-4-5-6-7-8-9-10-11-12-13-14-15-16-17-18-19(2,3)20/h4-18,20H2,1-3H3/p+1. The van der Waals surface area contributed by atoms with Gasteiger partial charge in [0.25, 0.3) is 0 Å². The first-order chi connectivity index (χ1) is 9.56. The van der Waals surface area contributed by atoms with Gasteiger partial charge < -0.3 is 5.73 Å². The van der Waals surface area contributed by atoms with E-state index >= 15 is 0 Å². The third-order valence-electron chi connectivity index (χ3n) is 4.21. The Kier molecular flexibility index (Phi) is 13.9. The van der Waals surface area contributed by atoms with E-state index in [1.807, 2.05) is 0 Å². The summed E-state index contributed by atoms with van der Waals surface area (Å²) in [6.07, 6.45) is 21.5. The van der Waals surface area contributed by atoms with Crippen LogP contribution in [0.1, 0.15) is 117 Å². The van der Waals surface area contributed by atoms with Crippen LogP contribution in [0.25, 0.3) is 0 Å². The predicted molar refractivity (Wildman–Crippen MR) is 91.9 cm³/mol. The lowest BCUT2D eigenvalue weighted by Gasteiger charge is -2.13. The number of hydrogen-bond acceptors (Lipinski definition) is 0. The lowest BCUT2D eigenvalue weighted by molar-refractivity contribution is -0.467. The summed E-state index contributed by atoms with van der Waals surface area (Å²) in [4.78, 5) is 0. The van der Waals surface area contributed by atoms with E-state index in [0.29, 0.717) is 0 Å². The van der Waals surface area contributed by atoms with Crippen LogP contribution in [0.2, 0.25) is 0 Å². The number of hydrogen-bond donors (Lipinski definition) is 1. The van der Waals surface area contributed by atoms with Gasteiger partial charge in [0.1, 0.15) is 0 Å². The molecule has 1 nitrogen and oxygen atoms in total. The Morgan fingerprint density at radius 1 is 0.550 bits per heavy atom. The molecule has 0 aliphatic heterocycles. The molecule has 0 fully saturated rings. The van der Waals surface area contributed by atoms with E-state index in [1.165, 1.54) is 96.3 Å². The minimum absolute atomic E-state index is 0.289. The Morgan fingerprint density at radius 2 is 0.850 bits per heavy atom. The van der Waals surface area contributed by atoms with E-state index in [0.717, 1.165) is 0 Å². The molecule has 122 valence electrons. The quantitative estimate of drug-likeness (QED) is 0.364. The molecule has 0 spiro atoms.